The lowest BCUT2D eigenvalue weighted by atomic mass is 10.1. The second kappa shape index (κ2) is 7.58. The Kier molecular flexibility index (Phi) is 5.76. The maximum atomic E-state index is 11.7. The molecule has 2 amide bonds. The molecule has 2 rings (SSSR count). The average molecular weight is 400 g/mol. The first-order valence-electron chi connectivity index (χ1n) is 6.25. The molecular formula is C15H12BrClN2O2S. The van der Waals surface area contributed by atoms with E-state index in [1.807, 2.05) is 19.1 Å². The van der Waals surface area contributed by atoms with E-state index in [1.54, 1.807) is 24.3 Å². The Morgan fingerprint density at radius 1 is 1.23 bits per heavy atom. The Morgan fingerprint density at radius 3 is 2.64 bits per heavy atom. The number of thiophene rings is 1. The van der Waals surface area contributed by atoms with Crippen LogP contribution in [0.25, 0.3) is 6.08 Å². The topological polar surface area (TPSA) is 58.2 Å². The predicted octanol–water partition coefficient (Wildman–Crippen LogP) is 3.95. The first-order valence-corrected chi connectivity index (χ1v) is 8.24. The molecule has 0 radical (unpaired) electrons. The van der Waals surface area contributed by atoms with Crippen molar-refractivity contribution in [2.75, 3.05) is 0 Å². The standard InChI is InChI=1S/C15H12BrClN2O2S/c1-9-2-3-10(8-11(9)17)4-7-14(20)18-19-15(21)12-5-6-13(16)22-12/h2-8H,1H3,(H,18,20)(H,19,21)/b7-4+. The average Bonchev–Trinajstić information content (AvgIpc) is 2.92. The first kappa shape index (κ1) is 16.7. The Balaban J connectivity index is 1.88. The largest absolute Gasteiger partial charge is 0.279 e. The van der Waals surface area contributed by atoms with Gasteiger partial charge in [-0.15, -0.1) is 11.3 Å². The van der Waals surface area contributed by atoms with Crippen molar-refractivity contribution >= 4 is 56.8 Å². The molecule has 1 aromatic carbocycles. The highest BCUT2D eigenvalue weighted by Crippen LogP contribution is 2.21. The monoisotopic (exact) mass is 398 g/mol. The van der Waals surface area contributed by atoms with E-state index in [0.717, 1.165) is 14.9 Å². The molecular weight excluding hydrogens is 388 g/mol. The summed E-state index contributed by atoms with van der Waals surface area (Å²) in [6.07, 6.45) is 2.94. The summed E-state index contributed by atoms with van der Waals surface area (Å²) in [5, 5.41) is 0.638. The quantitative estimate of drug-likeness (QED) is 0.606. The highest BCUT2D eigenvalue weighted by molar-refractivity contribution is 9.11. The molecule has 1 heterocycles. The normalized spacial score (nSPS) is 10.7. The van der Waals surface area contributed by atoms with Crippen LogP contribution in [0.5, 0.6) is 0 Å². The number of hydrogen-bond donors (Lipinski definition) is 2. The zero-order valence-electron chi connectivity index (χ0n) is 11.5. The molecule has 7 heteroatoms. The molecule has 2 N–H and O–H groups in total. The van der Waals surface area contributed by atoms with Gasteiger partial charge in [-0.1, -0.05) is 23.7 Å². The van der Waals surface area contributed by atoms with Gasteiger partial charge >= 0.3 is 0 Å². The number of benzene rings is 1. The van der Waals surface area contributed by atoms with Crippen molar-refractivity contribution in [3.05, 3.63) is 61.2 Å². The molecule has 0 saturated heterocycles. The van der Waals surface area contributed by atoms with Crippen LogP contribution < -0.4 is 10.9 Å². The first-order chi connectivity index (χ1) is 10.5. The van der Waals surface area contributed by atoms with Gasteiger partial charge in [-0.25, -0.2) is 0 Å². The third-order valence-corrected chi connectivity index (χ3v) is 4.75. The smallest absolute Gasteiger partial charge is 0.268 e. The molecule has 0 aliphatic heterocycles. The number of halogens is 2. The molecule has 114 valence electrons. The Bertz CT molecular complexity index is 743. The minimum Gasteiger partial charge on any atom is -0.268 e. The maximum Gasteiger partial charge on any atom is 0.279 e. The van der Waals surface area contributed by atoms with Crippen LogP contribution in [0, 0.1) is 6.92 Å². The van der Waals surface area contributed by atoms with Crippen molar-refractivity contribution in [3.8, 4) is 0 Å². The van der Waals surface area contributed by atoms with Crippen LogP contribution in [-0.2, 0) is 4.79 Å². The van der Waals surface area contributed by atoms with Gasteiger partial charge in [0, 0.05) is 11.1 Å². The summed E-state index contributed by atoms with van der Waals surface area (Å²) in [6, 6.07) is 8.92. The van der Waals surface area contributed by atoms with E-state index in [1.165, 1.54) is 17.4 Å². The Morgan fingerprint density at radius 2 is 2.00 bits per heavy atom. The lowest BCUT2D eigenvalue weighted by molar-refractivity contribution is -0.117. The van der Waals surface area contributed by atoms with E-state index < -0.39 is 5.91 Å². The number of hydrazine groups is 1. The van der Waals surface area contributed by atoms with Crippen LogP contribution in [-0.4, -0.2) is 11.8 Å². The molecule has 0 unspecified atom stereocenters. The Labute approximate surface area is 145 Å². The van der Waals surface area contributed by atoms with E-state index in [2.05, 4.69) is 26.8 Å². The van der Waals surface area contributed by atoms with Crippen LogP contribution in [0.4, 0.5) is 0 Å². The van der Waals surface area contributed by atoms with Gasteiger partial charge in [-0.05, 0) is 58.3 Å². The van der Waals surface area contributed by atoms with Crippen molar-refractivity contribution in [2.45, 2.75) is 6.92 Å². The van der Waals surface area contributed by atoms with Gasteiger partial charge in [0.25, 0.3) is 11.8 Å². The molecule has 1 aromatic heterocycles. The Hall–Kier alpha value is -1.63. The second-order valence-corrected chi connectivity index (χ2v) is 7.26. The number of hydrogen-bond acceptors (Lipinski definition) is 3. The number of amides is 2. The minimum absolute atomic E-state index is 0.365. The van der Waals surface area contributed by atoms with Crippen molar-refractivity contribution in [2.24, 2.45) is 0 Å². The predicted molar refractivity (Wildman–Crippen MR) is 92.9 cm³/mol. The fourth-order valence-corrected chi connectivity index (χ4v) is 3.01. The second-order valence-electron chi connectivity index (χ2n) is 4.39. The molecule has 0 bridgehead atoms. The van der Waals surface area contributed by atoms with Gasteiger partial charge in [-0.2, -0.15) is 0 Å². The van der Waals surface area contributed by atoms with Crippen LogP contribution in [0.15, 0.2) is 40.2 Å². The number of nitrogens with one attached hydrogen (secondary N) is 2. The highest BCUT2D eigenvalue weighted by Gasteiger charge is 2.08. The summed E-state index contributed by atoms with van der Waals surface area (Å²) < 4.78 is 0.847. The van der Waals surface area contributed by atoms with Crippen LogP contribution >= 0.6 is 38.9 Å². The van der Waals surface area contributed by atoms with Crippen LogP contribution in [0.2, 0.25) is 5.02 Å². The van der Waals surface area contributed by atoms with Gasteiger partial charge in [0.1, 0.15) is 0 Å². The van der Waals surface area contributed by atoms with E-state index in [9.17, 15) is 9.59 Å². The maximum absolute atomic E-state index is 11.7. The van der Waals surface area contributed by atoms with Crippen molar-refractivity contribution in [3.63, 3.8) is 0 Å². The van der Waals surface area contributed by atoms with E-state index >= 15 is 0 Å². The van der Waals surface area contributed by atoms with E-state index in [-0.39, 0.29) is 5.91 Å². The zero-order valence-corrected chi connectivity index (χ0v) is 14.7. The molecule has 0 fully saturated rings. The summed E-state index contributed by atoms with van der Waals surface area (Å²) in [6.45, 7) is 1.90. The summed E-state index contributed by atoms with van der Waals surface area (Å²) >= 11 is 10.6. The van der Waals surface area contributed by atoms with Crippen molar-refractivity contribution in [1.29, 1.82) is 0 Å². The third-order valence-electron chi connectivity index (χ3n) is 2.72. The van der Waals surface area contributed by atoms with Gasteiger partial charge in [0.05, 0.1) is 8.66 Å². The van der Waals surface area contributed by atoms with Gasteiger partial charge in [-0.3, -0.25) is 20.4 Å². The molecule has 0 aliphatic carbocycles. The third kappa shape index (κ3) is 4.69. The molecule has 0 aliphatic rings. The number of rotatable bonds is 3. The SMILES string of the molecule is Cc1ccc(/C=C/C(=O)NNC(=O)c2ccc(Br)s2)cc1Cl. The van der Waals surface area contributed by atoms with Gasteiger partial charge in [0.2, 0.25) is 0 Å². The van der Waals surface area contributed by atoms with Crippen LogP contribution in [0.3, 0.4) is 0 Å². The van der Waals surface area contributed by atoms with Gasteiger partial charge < -0.3 is 0 Å². The minimum atomic E-state index is -0.430. The summed E-state index contributed by atoms with van der Waals surface area (Å²) in [5.41, 5.74) is 6.44. The number of carbonyl (C=O) groups is 2. The van der Waals surface area contributed by atoms with E-state index in [0.29, 0.717) is 9.90 Å². The fourth-order valence-electron chi connectivity index (χ4n) is 1.54. The lowest BCUT2D eigenvalue weighted by Gasteiger charge is -2.03. The highest BCUT2D eigenvalue weighted by atomic mass is 79.9. The summed E-state index contributed by atoms with van der Waals surface area (Å²) in [7, 11) is 0. The van der Waals surface area contributed by atoms with Crippen molar-refractivity contribution in [1.82, 2.24) is 10.9 Å². The summed E-state index contributed by atoms with van der Waals surface area (Å²) in [5.74, 6) is -0.795. The fraction of sp³-hybridized carbons (Fsp3) is 0.0667. The number of aryl methyl sites for hydroxylation is 1. The summed E-state index contributed by atoms with van der Waals surface area (Å²) in [4.78, 5) is 23.9. The zero-order chi connectivity index (χ0) is 16.1. The van der Waals surface area contributed by atoms with Crippen molar-refractivity contribution < 1.29 is 9.59 Å². The molecule has 0 spiro atoms. The van der Waals surface area contributed by atoms with Crippen LogP contribution in [0.1, 0.15) is 20.8 Å². The lowest BCUT2D eigenvalue weighted by Crippen LogP contribution is -2.40. The van der Waals surface area contributed by atoms with E-state index in [4.69, 9.17) is 11.6 Å². The number of carbonyl (C=O) groups excluding carboxylic acids is 2. The molecule has 0 atom stereocenters. The molecule has 0 saturated carbocycles. The molecule has 2 aromatic rings. The van der Waals surface area contributed by atoms with Gasteiger partial charge in [0.15, 0.2) is 0 Å². The molecule has 22 heavy (non-hydrogen) atoms. The molecule has 4 nitrogen and oxygen atoms in total.